The summed E-state index contributed by atoms with van der Waals surface area (Å²) in [6.45, 7) is 11.6. The molecule has 1 aromatic rings. The van der Waals surface area contributed by atoms with Crippen LogP contribution in [0.15, 0.2) is 64.0 Å². The number of hydrogen-bond acceptors (Lipinski definition) is 7. The van der Waals surface area contributed by atoms with E-state index in [0.717, 1.165) is 76.1 Å². The van der Waals surface area contributed by atoms with E-state index < -0.39 is 6.23 Å². The van der Waals surface area contributed by atoms with Gasteiger partial charge in [-0.15, -0.1) is 0 Å². The summed E-state index contributed by atoms with van der Waals surface area (Å²) in [4.78, 5) is 36.3. The fourth-order valence-electron chi connectivity index (χ4n) is 7.60. The van der Waals surface area contributed by atoms with E-state index in [1.54, 1.807) is 0 Å². The number of allylic oxidation sites excluding steroid dienone is 6. The van der Waals surface area contributed by atoms with Crippen LogP contribution in [-0.4, -0.2) is 64.9 Å². The van der Waals surface area contributed by atoms with Crippen LogP contribution in [0.3, 0.4) is 0 Å². The minimum Gasteiger partial charge on any atom is -0.506 e. The van der Waals surface area contributed by atoms with Crippen LogP contribution in [0.2, 0.25) is 0 Å². The summed E-state index contributed by atoms with van der Waals surface area (Å²) in [5.41, 5.74) is 4.37. The van der Waals surface area contributed by atoms with Gasteiger partial charge < -0.3 is 25.3 Å². The van der Waals surface area contributed by atoms with E-state index >= 15 is 0 Å². The van der Waals surface area contributed by atoms with Crippen LogP contribution in [0.4, 0.5) is 11.4 Å². The summed E-state index contributed by atoms with van der Waals surface area (Å²) in [6.07, 6.45) is 14.9. The Kier molecular flexibility index (Phi) is 11.2. The number of nitrogens with zero attached hydrogens (tertiary/aromatic N) is 3. The van der Waals surface area contributed by atoms with E-state index in [0.29, 0.717) is 47.2 Å². The number of hydrogen-bond donors (Lipinski definition) is 3. The van der Waals surface area contributed by atoms with Gasteiger partial charge in [0.1, 0.15) is 12.0 Å². The van der Waals surface area contributed by atoms with Gasteiger partial charge in [-0.3, -0.25) is 14.6 Å². The molecule has 1 aromatic carbocycles. The van der Waals surface area contributed by atoms with E-state index in [9.17, 15) is 19.8 Å². The second kappa shape index (κ2) is 15.3. The molecule has 0 bridgehead atoms. The van der Waals surface area contributed by atoms with Crippen molar-refractivity contribution in [1.82, 2.24) is 4.90 Å². The summed E-state index contributed by atoms with van der Waals surface area (Å²) in [5, 5.41) is 25.7. The lowest BCUT2D eigenvalue weighted by atomic mass is 9.78. The Hall–Kier alpha value is -3.65. The second-order valence-electron chi connectivity index (χ2n) is 13.1. The number of ketones is 1. The molecule has 4 aliphatic rings. The van der Waals surface area contributed by atoms with Crippen molar-refractivity contribution in [3.8, 4) is 0 Å². The Morgan fingerprint density at radius 3 is 2.15 bits per heavy atom. The first kappa shape index (κ1) is 33.7. The minimum absolute atomic E-state index is 0.0646. The molecule has 5 rings (SSSR count). The van der Waals surface area contributed by atoms with Crippen molar-refractivity contribution in [2.45, 2.75) is 98.1 Å². The SMILES string of the molecule is CCN(CC)C1=CC(=N\C(O)CC2CCCC2)/C(=C2\C(=O)C(c3ccc(N(CC)CC)cc3NC(=O)CC3CCCC3)=C2O)C=C1. The molecular formula is C38H52N4O4. The van der Waals surface area contributed by atoms with Gasteiger partial charge in [-0.05, 0) is 95.2 Å². The Labute approximate surface area is 274 Å². The summed E-state index contributed by atoms with van der Waals surface area (Å²) < 4.78 is 0. The molecule has 3 N–H and O–H groups in total. The number of carbonyl (C=O) groups excluding carboxylic acids is 2. The molecule has 0 spiro atoms. The molecule has 46 heavy (non-hydrogen) atoms. The van der Waals surface area contributed by atoms with E-state index in [1.807, 2.05) is 36.4 Å². The molecular weight excluding hydrogens is 576 g/mol. The van der Waals surface area contributed by atoms with Crippen LogP contribution in [0.5, 0.6) is 0 Å². The Bertz CT molecular complexity index is 1450. The van der Waals surface area contributed by atoms with Crippen molar-refractivity contribution in [3.63, 3.8) is 0 Å². The Morgan fingerprint density at radius 2 is 1.54 bits per heavy atom. The van der Waals surface area contributed by atoms with Crippen molar-refractivity contribution in [2.75, 3.05) is 36.4 Å². The topological polar surface area (TPSA) is 105 Å². The maximum atomic E-state index is 14.0. The fraction of sp³-hybridized carbons (Fsp3) is 0.553. The predicted octanol–water partition coefficient (Wildman–Crippen LogP) is 7.34. The smallest absolute Gasteiger partial charge is 0.224 e. The molecule has 1 amide bonds. The van der Waals surface area contributed by atoms with Gasteiger partial charge in [0, 0.05) is 55.1 Å². The second-order valence-corrected chi connectivity index (χ2v) is 13.1. The number of rotatable bonds is 13. The first-order valence-electron chi connectivity index (χ1n) is 17.6. The molecule has 0 heterocycles. The molecule has 248 valence electrons. The molecule has 2 fully saturated rings. The Morgan fingerprint density at radius 1 is 0.913 bits per heavy atom. The number of aliphatic imine (C=N–C) groups is 1. The monoisotopic (exact) mass is 628 g/mol. The lowest BCUT2D eigenvalue weighted by molar-refractivity contribution is -0.117. The quantitative estimate of drug-likeness (QED) is 0.198. The number of benzene rings is 1. The molecule has 8 heteroatoms. The van der Waals surface area contributed by atoms with Crippen LogP contribution in [0, 0.1) is 11.8 Å². The van der Waals surface area contributed by atoms with Crippen LogP contribution in [0.25, 0.3) is 5.57 Å². The average molecular weight is 629 g/mol. The standard InChI is InChI=1S/C38H52N4O4/c1-5-41(6-2)27-17-19-29(31(23-27)39-33(43)21-25-13-9-10-14-25)35-37(45)36(38(35)46)30-20-18-28(42(7-3)8-4)24-32(30)40-34(44)22-26-15-11-12-16-26/h17-20,23-26,33,43,45H,5-16,21-22H2,1-4H3,(H,40,44)/b35-29-,39-31+. The lowest BCUT2D eigenvalue weighted by Crippen LogP contribution is -2.29. The van der Waals surface area contributed by atoms with Crippen molar-refractivity contribution < 1.29 is 19.8 Å². The molecule has 0 saturated heterocycles. The van der Waals surface area contributed by atoms with Gasteiger partial charge in [-0.2, -0.15) is 0 Å². The maximum absolute atomic E-state index is 14.0. The third-order valence-corrected chi connectivity index (χ3v) is 10.2. The molecule has 4 aliphatic carbocycles. The van der Waals surface area contributed by atoms with Crippen LogP contribution >= 0.6 is 0 Å². The summed E-state index contributed by atoms with van der Waals surface area (Å²) in [5.74, 6) is 0.372. The van der Waals surface area contributed by atoms with Gasteiger partial charge in [0.15, 0.2) is 0 Å². The van der Waals surface area contributed by atoms with Crippen LogP contribution in [-0.2, 0) is 9.59 Å². The van der Waals surface area contributed by atoms with Gasteiger partial charge in [0.25, 0.3) is 0 Å². The average Bonchev–Trinajstić information content (AvgIpc) is 3.75. The maximum Gasteiger partial charge on any atom is 0.224 e. The number of aliphatic hydroxyl groups is 2. The number of amides is 1. The minimum atomic E-state index is -0.885. The molecule has 1 unspecified atom stereocenters. The van der Waals surface area contributed by atoms with Crippen molar-refractivity contribution in [2.24, 2.45) is 16.8 Å². The van der Waals surface area contributed by atoms with E-state index in [1.165, 1.54) is 12.8 Å². The number of Topliss-reactive ketones (excluding diaryl/α,β-unsaturated/α-hetero) is 1. The highest BCUT2D eigenvalue weighted by atomic mass is 16.3. The molecule has 0 aromatic heterocycles. The largest absolute Gasteiger partial charge is 0.506 e. The predicted molar refractivity (Wildman–Crippen MR) is 187 cm³/mol. The number of likely N-dealkylation sites (N-methyl/N-ethyl adjacent to an activating group) is 1. The lowest BCUT2D eigenvalue weighted by Gasteiger charge is -2.29. The first-order chi connectivity index (χ1) is 22.3. The molecule has 0 radical (unpaired) electrons. The van der Waals surface area contributed by atoms with Gasteiger partial charge in [-0.25, -0.2) is 0 Å². The normalized spacial score (nSPS) is 22.0. The zero-order chi connectivity index (χ0) is 32.8. The highest BCUT2D eigenvalue weighted by Gasteiger charge is 2.39. The number of nitrogens with one attached hydrogen (secondary N) is 1. The Balaban J connectivity index is 1.52. The fourth-order valence-corrected chi connectivity index (χ4v) is 7.60. The number of anilines is 2. The third-order valence-electron chi connectivity index (χ3n) is 10.2. The zero-order valence-corrected chi connectivity index (χ0v) is 28.1. The van der Waals surface area contributed by atoms with Crippen LogP contribution < -0.4 is 10.2 Å². The van der Waals surface area contributed by atoms with E-state index in [2.05, 4.69) is 42.8 Å². The zero-order valence-electron chi connectivity index (χ0n) is 28.1. The molecule has 0 aliphatic heterocycles. The first-order valence-corrected chi connectivity index (χ1v) is 17.6. The van der Waals surface area contributed by atoms with Crippen LogP contribution in [0.1, 0.15) is 97.5 Å². The summed E-state index contributed by atoms with van der Waals surface area (Å²) >= 11 is 0. The summed E-state index contributed by atoms with van der Waals surface area (Å²) in [7, 11) is 0. The highest BCUT2D eigenvalue weighted by molar-refractivity contribution is 6.42. The van der Waals surface area contributed by atoms with Gasteiger partial charge >= 0.3 is 0 Å². The van der Waals surface area contributed by atoms with Gasteiger partial charge in [0.2, 0.25) is 11.7 Å². The summed E-state index contributed by atoms with van der Waals surface area (Å²) in [6, 6.07) is 5.69. The molecule has 8 nitrogen and oxygen atoms in total. The molecule has 1 atom stereocenters. The van der Waals surface area contributed by atoms with E-state index in [4.69, 9.17) is 4.99 Å². The van der Waals surface area contributed by atoms with Crippen molar-refractivity contribution in [3.05, 3.63) is 64.6 Å². The van der Waals surface area contributed by atoms with E-state index in [-0.39, 0.29) is 28.6 Å². The van der Waals surface area contributed by atoms with Crippen molar-refractivity contribution >= 4 is 34.3 Å². The number of aliphatic hydroxyl groups excluding tert-OH is 2. The third kappa shape index (κ3) is 7.33. The van der Waals surface area contributed by atoms with Gasteiger partial charge in [0.05, 0.1) is 22.5 Å². The van der Waals surface area contributed by atoms with Gasteiger partial charge in [-0.1, -0.05) is 38.5 Å². The number of carbonyl (C=O) groups is 2. The highest BCUT2D eigenvalue weighted by Crippen LogP contribution is 2.43. The van der Waals surface area contributed by atoms with Crippen molar-refractivity contribution in [1.29, 1.82) is 0 Å². The molecule has 2 saturated carbocycles.